The highest BCUT2D eigenvalue weighted by Gasteiger charge is 2.21. The zero-order chi connectivity index (χ0) is 18.6. The maximum atomic E-state index is 11.9. The van der Waals surface area contributed by atoms with Crippen LogP contribution in [0.2, 0.25) is 5.02 Å². The molecule has 0 aromatic heterocycles. The molecule has 1 aliphatic heterocycles. The molecule has 0 saturated carbocycles. The summed E-state index contributed by atoms with van der Waals surface area (Å²) < 4.78 is 10.7. The normalized spacial score (nSPS) is 13.4. The number of hydrogen-bond donors (Lipinski definition) is 2. The first-order chi connectivity index (χ1) is 11.7. The number of ether oxygens (including phenoxy) is 2. The lowest BCUT2D eigenvalue weighted by atomic mass is 10.1. The summed E-state index contributed by atoms with van der Waals surface area (Å²) in [7, 11) is 1.70. The molecule has 7 nitrogen and oxygen atoms in total. The number of fused-ring (bicyclic) bond motifs is 1. The van der Waals surface area contributed by atoms with Crippen LogP contribution in [0, 0.1) is 0 Å². The highest BCUT2D eigenvalue weighted by Crippen LogP contribution is 2.32. The van der Waals surface area contributed by atoms with Gasteiger partial charge in [-0.3, -0.25) is 4.79 Å². The Balaban J connectivity index is 1.84. The predicted octanol–water partition coefficient (Wildman–Crippen LogP) is 3.09. The second kappa shape index (κ2) is 7.82. The summed E-state index contributed by atoms with van der Waals surface area (Å²) in [6, 6.07) is 3.30. The van der Waals surface area contributed by atoms with Crippen molar-refractivity contribution in [1.82, 2.24) is 10.2 Å². The minimum Gasteiger partial charge on any atom is -0.472 e. The minimum atomic E-state index is -0.507. The Bertz CT molecular complexity index is 658. The highest BCUT2D eigenvalue weighted by molar-refractivity contribution is 6.33. The summed E-state index contributed by atoms with van der Waals surface area (Å²) in [6.45, 7) is 6.80. The Kier molecular flexibility index (Phi) is 6.00. The molecule has 0 radical (unpaired) electrons. The second-order valence-corrected chi connectivity index (χ2v) is 7.21. The molecule has 0 spiro atoms. The van der Waals surface area contributed by atoms with Crippen molar-refractivity contribution in [1.29, 1.82) is 0 Å². The number of carbonyl (C=O) groups is 2. The van der Waals surface area contributed by atoms with Crippen molar-refractivity contribution in [2.45, 2.75) is 32.8 Å². The number of rotatable bonds is 5. The van der Waals surface area contributed by atoms with Crippen LogP contribution in [-0.4, -0.2) is 49.4 Å². The number of hydrogen-bond acceptors (Lipinski definition) is 5. The van der Waals surface area contributed by atoms with Crippen molar-refractivity contribution in [2.75, 3.05) is 32.2 Å². The lowest BCUT2D eigenvalue weighted by Crippen LogP contribution is -2.35. The van der Waals surface area contributed by atoms with Gasteiger partial charge in [-0.15, -0.1) is 0 Å². The molecule has 0 aliphatic carbocycles. The first kappa shape index (κ1) is 19.2. The van der Waals surface area contributed by atoms with Crippen LogP contribution in [0.3, 0.4) is 0 Å². The molecule has 2 amide bonds. The first-order valence-corrected chi connectivity index (χ1v) is 8.48. The van der Waals surface area contributed by atoms with E-state index in [1.165, 1.54) is 4.90 Å². The third kappa shape index (κ3) is 5.42. The van der Waals surface area contributed by atoms with Crippen molar-refractivity contribution < 1.29 is 19.1 Å². The Morgan fingerprint density at radius 2 is 2.16 bits per heavy atom. The Hall–Kier alpha value is -2.15. The van der Waals surface area contributed by atoms with Gasteiger partial charge < -0.3 is 25.0 Å². The van der Waals surface area contributed by atoms with Gasteiger partial charge in [-0.2, -0.15) is 0 Å². The van der Waals surface area contributed by atoms with E-state index in [0.29, 0.717) is 41.5 Å². The standard InChI is InChI=1S/C17H24ClN3O4/c1-17(2,3)25-16(23)21(4)7-5-6-19-13-9-14-11(8-12(13)18)15(22)20-10-24-14/h8-9,19H,5-7,10H2,1-4H3,(H,20,22). The van der Waals surface area contributed by atoms with E-state index in [-0.39, 0.29) is 18.7 Å². The smallest absolute Gasteiger partial charge is 0.410 e. The maximum absolute atomic E-state index is 11.9. The van der Waals surface area contributed by atoms with Crippen LogP contribution < -0.4 is 15.4 Å². The largest absolute Gasteiger partial charge is 0.472 e. The van der Waals surface area contributed by atoms with E-state index in [0.717, 1.165) is 0 Å². The molecule has 1 heterocycles. The Morgan fingerprint density at radius 3 is 2.84 bits per heavy atom. The van der Waals surface area contributed by atoms with Crippen molar-refractivity contribution in [3.05, 3.63) is 22.7 Å². The fourth-order valence-electron chi connectivity index (χ4n) is 2.23. The number of anilines is 1. The molecular weight excluding hydrogens is 346 g/mol. The average Bonchev–Trinajstić information content (AvgIpc) is 2.51. The van der Waals surface area contributed by atoms with Crippen LogP contribution in [0.15, 0.2) is 12.1 Å². The van der Waals surface area contributed by atoms with Gasteiger partial charge in [-0.1, -0.05) is 11.6 Å². The van der Waals surface area contributed by atoms with Crippen LogP contribution in [0.4, 0.5) is 10.5 Å². The van der Waals surface area contributed by atoms with Crippen molar-refractivity contribution in [3.63, 3.8) is 0 Å². The molecule has 2 N–H and O–H groups in total. The molecule has 0 bridgehead atoms. The van der Waals surface area contributed by atoms with E-state index in [4.69, 9.17) is 21.1 Å². The molecule has 25 heavy (non-hydrogen) atoms. The van der Waals surface area contributed by atoms with Gasteiger partial charge in [-0.25, -0.2) is 4.79 Å². The van der Waals surface area contributed by atoms with Gasteiger partial charge in [0.25, 0.3) is 5.91 Å². The number of nitrogens with one attached hydrogen (secondary N) is 2. The molecule has 1 aliphatic rings. The molecule has 0 saturated heterocycles. The number of nitrogens with zero attached hydrogens (tertiary/aromatic N) is 1. The quantitative estimate of drug-likeness (QED) is 0.779. The van der Waals surface area contributed by atoms with E-state index in [9.17, 15) is 9.59 Å². The summed E-state index contributed by atoms with van der Waals surface area (Å²) in [4.78, 5) is 25.1. The van der Waals surface area contributed by atoms with Gasteiger partial charge in [0.05, 0.1) is 16.3 Å². The van der Waals surface area contributed by atoms with Gasteiger partial charge in [0.1, 0.15) is 11.4 Å². The summed E-state index contributed by atoms with van der Waals surface area (Å²) in [6.07, 6.45) is 0.364. The van der Waals surface area contributed by atoms with Crippen molar-refractivity contribution in [3.8, 4) is 5.75 Å². The van der Waals surface area contributed by atoms with Gasteiger partial charge in [0.2, 0.25) is 0 Å². The third-order valence-electron chi connectivity index (χ3n) is 3.47. The SMILES string of the molecule is CN(CCCNc1cc2c(cc1Cl)C(=O)NCO2)C(=O)OC(C)(C)C. The lowest BCUT2D eigenvalue weighted by Gasteiger charge is -2.24. The maximum Gasteiger partial charge on any atom is 0.410 e. The van der Waals surface area contributed by atoms with E-state index >= 15 is 0 Å². The second-order valence-electron chi connectivity index (χ2n) is 6.81. The molecular formula is C17H24ClN3O4. The van der Waals surface area contributed by atoms with Gasteiger partial charge >= 0.3 is 6.09 Å². The third-order valence-corrected chi connectivity index (χ3v) is 3.78. The fourth-order valence-corrected chi connectivity index (χ4v) is 2.46. The van der Waals surface area contributed by atoms with Crippen LogP contribution in [-0.2, 0) is 4.74 Å². The van der Waals surface area contributed by atoms with Crippen molar-refractivity contribution in [2.24, 2.45) is 0 Å². The zero-order valence-corrected chi connectivity index (χ0v) is 15.7. The van der Waals surface area contributed by atoms with E-state index in [1.807, 2.05) is 20.8 Å². The molecule has 2 rings (SSSR count). The summed E-state index contributed by atoms with van der Waals surface area (Å²) in [5.41, 5.74) is 0.605. The predicted molar refractivity (Wildman–Crippen MR) is 96.4 cm³/mol. The number of amides is 2. The number of benzene rings is 1. The molecule has 0 fully saturated rings. The van der Waals surface area contributed by atoms with Crippen molar-refractivity contribution >= 4 is 29.3 Å². The molecule has 1 aromatic rings. The topological polar surface area (TPSA) is 79.9 Å². The van der Waals surface area contributed by atoms with E-state index in [2.05, 4.69) is 10.6 Å². The molecule has 0 atom stereocenters. The van der Waals surface area contributed by atoms with Crippen LogP contribution in [0.5, 0.6) is 5.75 Å². The minimum absolute atomic E-state index is 0.146. The first-order valence-electron chi connectivity index (χ1n) is 8.10. The number of carbonyl (C=O) groups excluding carboxylic acids is 2. The van der Waals surface area contributed by atoms with E-state index < -0.39 is 5.60 Å². The Labute approximate surface area is 152 Å². The summed E-state index contributed by atoms with van der Waals surface area (Å²) in [5, 5.41) is 6.23. The van der Waals surface area contributed by atoms with Gasteiger partial charge in [-0.05, 0) is 33.3 Å². The van der Waals surface area contributed by atoms with Crippen LogP contribution >= 0.6 is 11.6 Å². The summed E-state index contributed by atoms with van der Waals surface area (Å²) in [5.74, 6) is 0.301. The molecule has 138 valence electrons. The monoisotopic (exact) mass is 369 g/mol. The zero-order valence-electron chi connectivity index (χ0n) is 14.9. The van der Waals surface area contributed by atoms with Crippen LogP contribution in [0.1, 0.15) is 37.6 Å². The lowest BCUT2D eigenvalue weighted by molar-refractivity contribution is 0.0298. The van der Waals surface area contributed by atoms with E-state index in [1.54, 1.807) is 19.2 Å². The van der Waals surface area contributed by atoms with Gasteiger partial charge in [0.15, 0.2) is 6.73 Å². The summed E-state index contributed by atoms with van der Waals surface area (Å²) >= 11 is 6.21. The molecule has 0 unspecified atom stereocenters. The molecule has 8 heteroatoms. The molecule has 1 aromatic carbocycles. The average molecular weight is 370 g/mol. The number of halogens is 1. The van der Waals surface area contributed by atoms with Crippen LogP contribution in [0.25, 0.3) is 0 Å². The fraction of sp³-hybridized carbons (Fsp3) is 0.529. The Morgan fingerprint density at radius 1 is 1.44 bits per heavy atom. The van der Waals surface area contributed by atoms with Gasteiger partial charge in [0, 0.05) is 26.2 Å². The highest BCUT2D eigenvalue weighted by atomic mass is 35.5.